The number of benzene rings is 1. The second kappa shape index (κ2) is 9.39. The van der Waals surface area contributed by atoms with Crippen LogP contribution in [0.1, 0.15) is 13.8 Å². The molecular formula is C16H23N3S. The summed E-state index contributed by atoms with van der Waals surface area (Å²) in [7, 11) is 0. The van der Waals surface area contributed by atoms with Gasteiger partial charge in [0.2, 0.25) is 0 Å². The van der Waals surface area contributed by atoms with Crippen LogP contribution in [0.3, 0.4) is 0 Å². The van der Waals surface area contributed by atoms with Gasteiger partial charge in [0.05, 0.1) is 6.04 Å². The molecular weight excluding hydrogens is 266 g/mol. The van der Waals surface area contributed by atoms with Gasteiger partial charge in [-0.05, 0) is 18.2 Å². The standard InChI is InChI=1S/C8H11N3.C6H6S.C2H6/c9-4-7-3-6-5-10-2-1-8(6)11-7;7-6-4-2-1-3-5-6;1-2/h1-3,5-6,8,11H,4,9H2;1-5,7H;1-2H3. The van der Waals surface area contributed by atoms with Crippen LogP contribution in [0.25, 0.3) is 0 Å². The first-order valence-electron chi connectivity index (χ1n) is 6.91. The topological polar surface area (TPSA) is 50.4 Å². The van der Waals surface area contributed by atoms with Crippen molar-refractivity contribution in [2.45, 2.75) is 24.8 Å². The molecule has 0 aliphatic carbocycles. The number of nitrogens with one attached hydrogen (secondary N) is 1. The van der Waals surface area contributed by atoms with Gasteiger partial charge in [-0.25, -0.2) is 0 Å². The largest absolute Gasteiger partial charge is 0.380 e. The van der Waals surface area contributed by atoms with E-state index in [9.17, 15) is 0 Å². The van der Waals surface area contributed by atoms with Gasteiger partial charge < -0.3 is 11.1 Å². The molecule has 3 nitrogen and oxygen atoms in total. The van der Waals surface area contributed by atoms with Crippen LogP contribution in [0.5, 0.6) is 0 Å². The van der Waals surface area contributed by atoms with E-state index in [1.54, 1.807) is 0 Å². The molecule has 2 aliphatic rings. The smallest absolute Gasteiger partial charge is 0.0572 e. The lowest BCUT2D eigenvalue weighted by Gasteiger charge is -2.14. The Hall–Kier alpha value is -1.52. The zero-order valence-electron chi connectivity index (χ0n) is 12.0. The van der Waals surface area contributed by atoms with Crippen LogP contribution in [0.2, 0.25) is 0 Å². The van der Waals surface area contributed by atoms with Crippen molar-refractivity contribution < 1.29 is 0 Å². The average Bonchev–Trinajstić information content (AvgIpc) is 2.94. The number of thiol groups is 1. The molecule has 4 heteroatoms. The van der Waals surface area contributed by atoms with Crippen molar-refractivity contribution in [2.75, 3.05) is 6.54 Å². The number of hydrogen-bond acceptors (Lipinski definition) is 4. The number of rotatable bonds is 1. The third-order valence-electron chi connectivity index (χ3n) is 2.77. The molecule has 0 fully saturated rings. The van der Waals surface area contributed by atoms with Gasteiger partial charge in [0.1, 0.15) is 0 Å². The van der Waals surface area contributed by atoms with Crippen molar-refractivity contribution in [2.24, 2.45) is 16.6 Å². The summed E-state index contributed by atoms with van der Waals surface area (Å²) in [5, 5.41) is 3.30. The molecule has 20 heavy (non-hydrogen) atoms. The van der Waals surface area contributed by atoms with E-state index in [1.807, 2.05) is 56.6 Å². The fraction of sp³-hybridized carbons (Fsp3) is 0.312. The third-order valence-corrected chi connectivity index (χ3v) is 3.07. The quantitative estimate of drug-likeness (QED) is 0.696. The molecule has 2 unspecified atom stereocenters. The van der Waals surface area contributed by atoms with Gasteiger partial charge in [-0.2, -0.15) is 0 Å². The Kier molecular flexibility index (Phi) is 7.77. The summed E-state index contributed by atoms with van der Waals surface area (Å²) in [6, 6.07) is 10.2. The second-order valence-corrected chi connectivity index (χ2v) is 4.64. The summed E-state index contributed by atoms with van der Waals surface area (Å²) in [4.78, 5) is 5.07. The lowest BCUT2D eigenvalue weighted by molar-refractivity contribution is 0.661. The summed E-state index contributed by atoms with van der Waals surface area (Å²) in [6.45, 7) is 4.59. The van der Waals surface area contributed by atoms with E-state index in [1.165, 1.54) is 0 Å². The summed E-state index contributed by atoms with van der Waals surface area (Å²) in [6.07, 6.45) is 7.96. The Morgan fingerprint density at radius 3 is 2.45 bits per heavy atom. The number of nitrogens with two attached hydrogens (primary N) is 1. The summed E-state index contributed by atoms with van der Waals surface area (Å²) < 4.78 is 0. The molecule has 3 rings (SSSR count). The summed E-state index contributed by atoms with van der Waals surface area (Å²) in [5.41, 5.74) is 6.61. The first-order valence-corrected chi connectivity index (χ1v) is 7.35. The Morgan fingerprint density at radius 1 is 1.25 bits per heavy atom. The molecule has 1 aromatic carbocycles. The van der Waals surface area contributed by atoms with Crippen molar-refractivity contribution in [3.8, 4) is 0 Å². The number of fused-ring (bicyclic) bond motifs is 1. The Labute approximate surface area is 127 Å². The molecule has 2 aliphatic heterocycles. The Balaban J connectivity index is 0.000000193. The van der Waals surface area contributed by atoms with E-state index in [0.717, 1.165) is 10.6 Å². The molecule has 0 radical (unpaired) electrons. The van der Waals surface area contributed by atoms with Crippen molar-refractivity contribution >= 4 is 18.8 Å². The van der Waals surface area contributed by atoms with Crippen LogP contribution < -0.4 is 11.1 Å². The predicted molar refractivity (Wildman–Crippen MR) is 90.2 cm³/mol. The minimum Gasteiger partial charge on any atom is -0.380 e. The van der Waals surface area contributed by atoms with Gasteiger partial charge in [-0.3, -0.25) is 4.99 Å². The molecule has 0 amide bonds. The molecule has 0 saturated carbocycles. The van der Waals surface area contributed by atoms with Crippen molar-refractivity contribution in [1.82, 2.24) is 5.32 Å². The van der Waals surface area contributed by atoms with E-state index in [2.05, 4.69) is 35.1 Å². The van der Waals surface area contributed by atoms with Crippen LogP contribution >= 0.6 is 12.6 Å². The zero-order chi connectivity index (χ0) is 14.8. The first-order chi connectivity index (χ1) is 9.79. The van der Waals surface area contributed by atoms with Crippen molar-refractivity contribution in [3.63, 3.8) is 0 Å². The number of hydrogen-bond donors (Lipinski definition) is 3. The van der Waals surface area contributed by atoms with E-state index < -0.39 is 0 Å². The van der Waals surface area contributed by atoms with Crippen LogP contribution in [0.15, 0.2) is 64.3 Å². The minimum absolute atomic E-state index is 0.394. The Bertz CT molecular complexity index is 466. The zero-order valence-corrected chi connectivity index (χ0v) is 12.9. The molecule has 1 aromatic rings. The third kappa shape index (κ3) is 5.23. The van der Waals surface area contributed by atoms with Gasteiger partial charge in [0, 0.05) is 35.5 Å². The van der Waals surface area contributed by atoms with Gasteiger partial charge in [0.25, 0.3) is 0 Å². The van der Waals surface area contributed by atoms with E-state index >= 15 is 0 Å². The average molecular weight is 289 g/mol. The van der Waals surface area contributed by atoms with Crippen LogP contribution in [0.4, 0.5) is 0 Å². The van der Waals surface area contributed by atoms with E-state index in [-0.39, 0.29) is 0 Å². The van der Waals surface area contributed by atoms with Gasteiger partial charge in [-0.1, -0.05) is 38.1 Å². The SMILES string of the molecule is CC.NCC1=CC2C=NC=CC2N1.Sc1ccccc1. The second-order valence-electron chi connectivity index (χ2n) is 4.12. The highest BCUT2D eigenvalue weighted by Gasteiger charge is 2.23. The summed E-state index contributed by atoms with van der Waals surface area (Å²) >= 11 is 4.08. The molecule has 3 N–H and O–H groups in total. The molecule has 108 valence electrons. The van der Waals surface area contributed by atoms with Crippen molar-refractivity contribution in [3.05, 3.63) is 54.4 Å². The van der Waals surface area contributed by atoms with Crippen molar-refractivity contribution in [1.29, 1.82) is 0 Å². The number of aliphatic imine (C=N–C) groups is 1. The summed E-state index contributed by atoms with van der Waals surface area (Å²) in [5.74, 6) is 0.415. The minimum atomic E-state index is 0.394. The van der Waals surface area contributed by atoms with Crippen LogP contribution in [0, 0.1) is 5.92 Å². The fourth-order valence-electron chi connectivity index (χ4n) is 1.85. The highest BCUT2D eigenvalue weighted by atomic mass is 32.1. The van der Waals surface area contributed by atoms with Gasteiger partial charge in [0.15, 0.2) is 0 Å². The predicted octanol–water partition coefficient (Wildman–Crippen LogP) is 3.02. The van der Waals surface area contributed by atoms with Gasteiger partial charge >= 0.3 is 0 Å². The molecule has 0 bridgehead atoms. The lowest BCUT2D eigenvalue weighted by Crippen LogP contribution is -2.29. The maximum atomic E-state index is 5.49. The normalized spacial score (nSPS) is 21.5. The maximum absolute atomic E-state index is 5.49. The molecule has 0 saturated heterocycles. The highest BCUT2D eigenvalue weighted by molar-refractivity contribution is 7.80. The number of nitrogens with zero attached hydrogens (tertiary/aromatic N) is 1. The Morgan fingerprint density at radius 2 is 1.95 bits per heavy atom. The molecule has 2 atom stereocenters. The van der Waals surface area contributed by atoms with Crippen LogP contribution in [-0.4, -0.2) is 18.8 Å². The highest BCUT2D eigenvalue weighted by Crippen LogP contribution is 2.18. The first kappa shape index (κ1) is 16.5. The maximum Gasteiger partial charge on any atom is 0.0572 e. The van der Waals surface area contributed by atoms with Crippen LogP contribution in [-0.2, 0) is 0 Å². The van der Waals surface area contributed by atoms with Gasteiger partial charge in [-0.15, -0.1) is 12.6 Å². The molecule has 0 aromatic heterocycles. The molecule has 2 heterocycles. The fourth-order valence-corrected chi connectivity index (χ4v) is 2.03. The molecule has 0 spiro atoms. The lowest BCUT2D eigenvalue weighted by atomic mass is 10.0. The van der Waals surface area contributed by atoms with E-state index in [4.69, 9.17) is 5.73 Å². The monoisotopic (exact) mass is 289 g/mol. The van der Waals surface area contributed by atoms with E-state index in [0.29, 0.717) is 18.5 Å².